The number of hydrogen-bond donors (Lipinski definition) is 1. The molecule has 1 saturated heterocycles. The second kappa shape index (κ2) is 5.90. The van der Waals surface area contributed by atoms with Crippen molar-refractivity contribution in [1.29, 1.82) is 0 Å². The van der Waals surface area contributed by atoms with Crippen LogP contribution in [0.1, 0.15) is 26.2 Å². The molecule has 2 heterocycles. The standard InChI is InChI=1S/C14H18N6O/c1-11(21)16-13-9-12(20-10-15-17-18-20)5-6-14(13)19-7-3-2-4-8-19/h5-6,9-10H,2-4,7-8H2,1H3,(H,16,21). The van der Waals surface area contributed by atoms with E-state index in [4.69, 9.17) is 0 Å². The molecule has 0 unspecified atom stereocenters. The number of carbonyl (C=O) groups excluding carboxylic acids is 1. The summed E-state index contributed by atoms with van der Waals surface area (Å²) in [6, 6.07) is 5.89. The predicted octanol–water partition coefficient (Wildman–Crippen LogP) is 1.61. The first-order chi connectivity index (χ1) is 10.2. The number of nitrogens with one attached hydrogen (secondary N) is 1. The average Bonchev–Trinajstić information content (AvgIpc) is 3.02. The fourth-order valence-corrected chi connectivity index (χ4v) is 2.65. The summed E-state index contributed by atoms with van der Waals surface area (Å²) in [5, 5.41) is 14.1. The number of tetrazole rings is 1. The van der Waals surface area contributed by atoms with Gasteiger partial charge in [-0.25, -0.2) is 4.68 Å². The summed E-state index contributed by atoms with van der Waals surface area (Å²) < 4.78 is 1.57. The van der Waals surface area contributed by atoms with E-state index in [1.165, 1.54) is 32.5 Å². The van der Waals surface area contributed by atoms with Crippen LogP contribution in [0.2, 0.25) is 0 Å². The summed E-state index contributed by atoms with van der Waals surface area (Å²) in [7, 11) is 0. The third-order valence-electron chi connectivity index (χ3n) is 3.60. The minimum atomic E-state index is -0.0814. The molecular weight excluding hydrogens is 268 g/mol. The van der Waals surface area contributed by atoms with Crippen LogP contribution in [0.15, 0.2) is 24.5 Å². The van der Waals surface area contributed by atoms with Crippen LogP contribution in [0.3, 0.4) is 0 Å². The molecule has 3 rings (SSSR count). The number of rotatable bonds is 3. The van der Waals surface area contributed by atoms with Gasteiger partial charge in [0.15, 0.2) is 0 Å². The molecule has 2 aromatic rings. The van der Waals surface area contributed by atoms with Crippen molar-refractivity contribution in [2.75, 3.05) is 23.3 Å². The van der Waals surface area contributed by atoms with Gasteiger partial charge in [0.05, 0.1) is 17.1 Å². The van der Waals surface area contributed by atoms with Crippen LogP contribution in [-0.2, 0) is 4.79 Å². The number of aromatic nitrogens is 4. The van der Waals surface area contributed by atoms with Crippen LogP contribution in [0.4, 0.5) is 11.4 Å². The van der Waals surface area contributed by atoms with E-state index in [2.05, 4.69) is 25.7 Å². The van der Waals surface area contributed by atoms with Crippen molar-refractivity contribution in [3.8, 4) is 5.69 Å². The smallest absolute Gasteiger partial charge is 0.221 e. The zero-order valence-corrected chi connectivity index (χ0v) is 12.0. The van der Waals surface area contributed by atoms with Crippen molar-refractivity contribution < 1.29 is 4.79 Å². The molecule has 0 spiro atoms. The molecule has 1 aliphatic rings. The van der Waals surface area contributed by atoms with Gasteiger partial charge in [0.2, 0.25) is 5.91 Å². The Labute approximate surface area is 122 Å². The van der Waals surface area contributed by atoms with Gasteiger partial charge in [-0.05, 0) is 47.9 Å². The van der Waals surface area contributed by atoms with E-state index in [-0.39, 0.29) is 5.91 Å². The number of piperidine rings is 1. The van der Waals surface area contributed by atoms with E-state index < -0.39 is 0 Å². The van der Waals surface area contributed by atoms with Crippen molar-refractivity contribution in [3.63, 3.8) is 0 Å². The highest BCUT2D eigenvalue weighted by molar-refractivity contribution is 5.93. The SMILES string of the molecule is CC(=O)Nc1cc(-n2cnnn2)ccc1N1CCCCC1. The van der Waals surface area contributed by atoms with E-state index in [1.54, 1.807) is 4.68 Å². The summed E-state index contributed by atoms with van der Waals surface area (Å²) in [5.41, 5.74) is 2.68. The molecule has 0 aliphatic carbocycles. The van der Waals surface area contributed by atoms with Gasteiger partial charge in [-0.2, -0.15) is 0 Å². The van der Waals surface area contributed by atoms with Gasteiger partial charge in [-0.1, -0.05) is 0 Å². The van der Waals surface area contributed by atoms with E-state index in [0.29, 0.717) is 0 Å². The Morgan fingerprint density at radius 1 is 1.24 bits per heavy atom. The molecule has 1 aromatic carbocycles. The van der Waals surface area contributed by atoms with Crippen LogP contribution in [0, 0.1) is 0 Å². The second-order valence-electron chi connectivity index (χ2n) is 5.18. The quantitative estimate of drug-likeness (QED) is 0.927. The fraction of sp³-hybridized carbons (Fsp3) is 0.429. The average molecular weight is 286 g/mol. The van der Waals surface area contributed by atoms with Gasteiger partial charge in [0, 0.05) is 20.0 Å². The highest BCUT2D eigenvalue weighted by Gasteiger charge is 2.16. The zero-order chi connectivity index (χ0) is 14.7. The lowest BCUT2D eigenvalue weighted by atomic mass is 10.1. The zero-order valence-electron chi connectivity index (χ0n) is 12.0. The van der Waals surface area contributed by atoms with Crippen LogP contribution >= 0.6 is 0 Å². The maximum absolute atomic E-state index is 11.5. The molecule has 1 N–H and O–H groups in total. The highest BCUT2D eigenvalue weighted by Crippen LogP contribution is 2.30. The van der Waals surface area contributed by atoms with E-state index in [9.17, 15) is 4.79 Å². The second-order valence-corrected chi connectivity index (χ2v) is 5.18. The van der Waals surface area contributed by atoms with Crippen molar-refractivity contribution in [1.82, 2.24) is 20.2 Å². The minimum absolute atomic E-state index is 0.0814. The molecule has 1 amide bonds. The molecule has 0 atom stereocenters. The Kier molecular flexibility index (Phi) is 3.81. The topological polar surface area (TPSA) is 75.9 Å². The van der Waals surface area contributed by atoms with Crippen LogP contribution in [-0.4, -0.2) is 39.2 Å². The van der Waals surface area contributed by atoms with Gasteiger partial charge in [-0.3, -0.25) is 4.79 Å². The first-order valence-corrected chi connectivity index (χ1v) is 7.14. The van der Waals surface area contributed by atoms with Crippen molar-refractivity contribution in [3.05, 3.63) is 24.5 Å². The monoisotopic (exact) mass is 286 g/mol. The fourth-order valence-electron chi connectivity index (χ4n) is 2.65. The minimum Gasteiger partial charge on any atom is -0.370 e. The first-order valence-electron chi connectivity index (χ1n) is 7.14. The maximum atomic E-state index is 11.5. The molecule has 1 fully saturated rings. The lowest BCUT2D eigenvalue weighted by molar-refractivity contribution is -0.114. The predicted molar refractivity (Wildman–Crippen MR) is 79.5 cm³/mol. The molecule has 0 radical (unpaired) electrons. The normalized spacial score (nSPS) is 15.0. The summed E-state index contributed by atoms with van der Waals surface area (Å²) in [6.07, 6.45) is 5.19. The van der Waals surface area contributed by atoms with Gasteiger partial charge in [-0.15, -0.1) is 5.10 Å². The lowest BCUT2D eigenvalue weighted by Crippen LogP contribution is -2.30. The highest BCUT2D eigenvalue weighted by atomic mass is 16.1. The number of carbonyl (C=O) groups is 1. The summed E-state index contributed by atoms with van der Waals surface area (Å²) >= 11 is 0. The van der Waals surface area contributed by atoms with Crippen LogP contribution in [0.25, 0.3) is 5.69 Å². The van der Waals surface area contributed by atoms with Gasteiger partial charge in [0.1, 0.15) is 6.33 Å². The molecule has 21 heavy (non-hydrogen) atoms. The maximum Gasteiger partial charge on any atom is 0.221 e. The number of benzene rings is 1. The van der Waals surface area contributed by atoms with Gasteiger partial charge < -0.3 is 10.2 Å². The van der Waals surface area contributed by atoms with E-state index in [0.717, 1.165) is 30.2 Å². The third kappa shape index (κ3) is 3.01. The third-order valence-corrected chi connectivity index (χ3v) is 3.60. The van der Waals surface area contributed by atoms with Gasteiger partial charge in [0.25, 0.3) is 0 Å². The Hall–Kier alpha value is -2.44. The first kappa shape index (κ1) is 13.5. The summed E-state index contributed by atoms with van der Waals surface area (Å²) in [6.45, 7) is 3.57. The molecule has 1 aliphatic heterocycles. The molecule has 0 saturated carbocycles. The molecule has 110 valence electrons. The van der Waals surface area contributed by atoms with Crippen molar-refractivity contribution in [2.45, 2.75) is 26.2 Å². The van der Waals surface area contributed by atoms with Crippen LogP contribution < -0.4 is 10.2 Å². The number of hydrogen-bond acceptors (Lipinski definition) is 5. The molecule has 7 heteroatoms. The Balaban J connectivity index is 1.96. The van der Waals surface area contributed by atoms with Crippen molar-refractivity contribution in [2.24, 2.45) is 0 Å². The number of amides is 1. The summed E-state index contributed by atoms with van der Waals surface area (Å²) in [4.78, 5) is 13.8. The Morgan fingerprint density at radius 3 is 2.71 bits per heavy atom. The number of nitrogens with zero attached hydrogens (tertiary/aromatic N) is 5. The van der Waals surface area contributed by atoms with Crippen molar-refractivity contribution >= 4 is 17.3 Å². The Bertz CT molecular complexity index is 618. The molecule has 7 nitrogen and oxygen atoms in total. The van der Waals surface area contributed by atoms with Crippen LogP contribution in [0.5, 0.6) is 0 Å². The van der Waals surface area contributed by atoms with E-state index >= 15 is 0 Å². The largest absolute Gasteiger partial charge is 0.370 e. The van der Waals surface area contributed by atoms with Gasteiger partial charge >= 0.3 is 0 Å². The van der Waals surface area contributed by atoms with E-state index in [1.807, 2.05) is 18.2 Å². The summed E-state index contributed by atoms with van der Waals surface area (Å²) in [5.74, 6) is -0.0814. The molecule has 1 aromatic heterocycles. The lowest BCUT2D eigenvalue weighted by Gasteiger charge is -2.30. The molecular formula is C14H18N6O. The number of anilines is 2. The Morgan fingerprint density at radius 2 is 2.05 bits per heavy atom. The molecule has 0 bridgehead atoms.